The molecule has 2 aromatic rings. The monoisotopic (exact) mass is 605 g/mol. The van der Waals surface area contributed by atoms with Gasteiger partial charge in [-0.25, -0.2) is 36.5 Å². The standard InChI is InChI=1S/C27H30F3N7O4S/c1-24(2,3)41-23(39)36-22-25(4,5)42(40)18(11-27(29,30)14-33-42)26(6,37-22)20-16(28)8-10-19(34-20)35-21(38)17-9-7-15(12-31)13-32-17/h7-10,13,18H,11,14H2,1-6H3,(H,34,35,38)(H,36,37,39)/t18-,26+,42-/m1/s1. The first kappa shape index (κ1) is 30.9. The van der Waals surface area contributed by atoms with Crippen LogP contribution >= 0.6 is 0 Å². The van der Waals surface area contributed by atoms with Gasteiger partial charge in [0.15, 0.2) is 0 Å². The van der Waals surface area contributed by atoms with Gasteiger partial charge in [-0.1, -0.05) is 0 Å². The SMILES string of the molecule is CC(C)(C)OC(=O)NC1=N[C@](C)(c2nc(NC(=O)c3ccc(C#N)cn3)ccc2F)[C@H]2CC(F)(F)CN=[S@]2(=O)C1(C)C. The van der Waals surface area contributed by atoms with E-state index in [2.05, 4.69) is 30.0 Å². The van der Waals surface area contributed by atoms with Gasteiger partial charge in [-0.3, -0.25) is 15.1 Å². The Bertz CT molecular complexity index is 1640. The van der Waals surface area contributed by atoms with Gasteiger partial charge in [0.2, 0.25) is 0 Å². The Kier molecular flexibility index (Phi) is 7.60. The predicted molar refractivity (Wildman–Crippen MR) is 148 cm³/mol. The van der Waals surface area contributed by atoms with Crippen LogP contribution in [-0.2, 0) is 20.0 Å². The Morgan fingerprint density at radius 3 is 2.43 bits per heavy atom. The zero-order chi connectivity index (χ0) is 31.3. The van der Waals surface area contributed by atoms with Gasteiger partial charge in [0, 0.05) is 12.6 Å². The highest BCUT2D eigenvalue weighted by atomic mass is 32.2. The quantitative estimate of drug-likeness (QED) is 0.519. The number of nitrogens with zero attached hydrogens (tertiary/aromatic N) is 5. The molecule has 0 radical (unpaired) electrons. The van der Waals surface area contributed by atoms with E-state index in [4.69, 9.17) is 10.00 Å². The average Bonchev–Trinajstić information content (AvgIpc) is 2.89. The number of rotatable bonds is 3. The van der Waals surface area contributed by atoms with Crippen molar-refractivity contribution in [2.75, 3.05) is 11.9 Å². The fourth-order valence-electron chi connectivity index (χ4n) is 4.76. The summed E-state index contributed by atoms with van der Waals surface area (Å²) in [6, 6.07) is 6.69. The molecule has 0 bridgehead atoms. The maximum Gasteiger partial charge on any atom is 0.413 e. The zero-order valence-corrected chi connectivity index (χ0v) is 24.6. The summed E-state index contributed by atoms with van der Waals surface area (Å²) in [5, 5.41) is 12.3. The molecule has 224 valence electrons. The zero-order valence-electron chi connectivity index (χ0n) is 23.8. The van der Waals surface area contributed by atoms with Gasteiger partial charge < -0.3 is 10.1 Å². The van der Waals surface area contributed by atoms with Gasteiger partial charge in [0.1, 0.15) is 57.4 Å². The third-order valence-electron chi connectivity index (χ3n) is 6.94. The number of ether oxygens (including phenoxy) is 1. The summed E-state index contributed by atoms with van der Waals surface area (Å²) in [6.45, 7) is 8.07. The van der Waals surface area contributed by atoms with Gasteiger partial charge in [-0.05, 0) is 65.8 Å². The summed E-state index contributed by atoms with van der Waals surface area (Å²) >= 11 is 0. The molecular formula is C27H30F3N7O4S. The minimum atomic E-state index is -3.66. The van der Waals surface area contributed by atoms with E-state index in [1.54, 1.807) is 20.8 Å². The fourth-order valence-corrected chi connectivity index (χ4v) is 7.98. The lowest BCUT2D eigenvalue weighted by atomic mass is 9.88. The second kappa shape index (κ2) is 10.3. The third-order valence-corrected chi connectivity index (χ3v) is 10.5. The lowest BCUT2D eigenvalue weighted by Crippen LogP contribution is -2.64. The van der Waals surface area contributed by atoms with Crippen molar-refractivity contribution in [3.63, 3.8) is 0 Å². The second-order valence-electron chi connectivity index (χ2n) is 11.7. The molecule has 0 aromatic carbocycles. The number of nitrogens with one attached hydrogen (secondary N) is 2. The number of halogens is 3. The van der Waals surface area contributed by atoms with Crippen LogP contribution < -0.4 is 10.6 Å². The number of hydrogen-bond donors (Lipinski definition) is 2. The second-order valence-corrected chi connectivity index (χ2v) is 14.7. The number of alkyl carbamates (subject to hydrolysis) is 1. The van der Waals surface area contributed by atoms with Gasteiger partial charge in [0.25, 0.3) is 11.8 Å². The van der Waals surface area contributed by atoms with Crippen LogP contribution in [0, 0.1) is 17.1 Å². The molecule has 2 aliphatic rings. The Morgan fingerprint density at radius 1 is 1.14 bits per heavy atom. The molecule has 0 unspecified atom stereocenters. The molecule has 0 spiro atoms. The van der Waals surface area contributed by atoms with E-state index in [1.165, 1.54) is 39.1 Å². The molecule has 42 heavy (non-hydrogen) atoms. The number of hydrogen-bond acceptors (Lipinski definition) is 9. The number of alkyl halides is 2. The molecule has 0 aliphatic carbocycles. The smallest absolute Gasteiger partial charge is 0.413 e. The highest BCUT2D eigenvalue weighted by molar-refractivity contribution is 7.96. The van der Waals surface area contributed by atoms with Crippen LogP contribution in [0.5, 0.6) is 0 Å². The first-order chi connectivity index (χ1) is 19.3. The van der Waals surface area contributed by atoms with Crippen LogP contribution in [0.15, 0.2) is 39.8 Å². The van der Waals surface area contributed by atoms with Crippen LogP contribution in [0.1, 0.15) is 69.7 Å². The molecule has 0 fully saturated rings. The van der Waals surface area contributed by atoms with Crippen LogP contribution in [0.4, 0.5) is 23.8 Å². The molecule has 3 atom stereocenters. The number of amidine groups is 1. The van der Waals surface area contributed by atoms with Crippen LogP contribution in [0.25, 0.3) is 0 Å². The van der Waals surface area contributed by atoms with E-state index in [1.807, 2.05) is 6.07 Å². The van der Waals surface area contributed by atoms with Crippen molar-refractivity contribution in [2.24, 2.45) is 9.36 Å². The number of anilines is 1. The number of nitriles is 1. The van der Waals surface area contributed by atoms with E-state index in [0.717, 1.165) is 12.1 Å². The molecule has 4 heterocycles. The number of fused-ring (bicyclic) bond motifs is 1. The highest BCUT2D eigenvalue weighted by Gasteiger charge is 2.61. The molecule has 2 aliphatic heterocycles. The molecule has 2 N–H and O–H groups in total. The van der Waals surface area contributed by atoms with Crippen LogP contribution in [0.2, 0.25) is 0 Å². The fraction of sp³-hybridized carbons (Fsp3) is 0.481. The summed E-state index contributed by atoms with van der Waals surface area (Å²) in [6.07, 6.45) is -0.685. The summed E-state index contributed by atoms with van der Waals surface area (Å²) in [5.41, 5.74) is -3.25. The molecule has 4 rings (SSSR count). The Labute approximate surface area is 241 Å². The van der Waals surface area contributed by atoms with Gasteiger partial charge in [-0.15, -0.1) is 0 Å². The molecule has 0 saturated carbocycles. The van der Waals surface area contributed by atoms with Crippen molar-refractivity contribution in [1.82, 2.24) is 15.3 Å². The van der Waals surface area contributed by atoms with E-state index < -0.39 is 73.3 Å². The largest absolute Gasteiger partial charge is 0.444 e. The van der Waals surface area contributed by atoms with Crippen molar-refractivity contribution in [1.29, 1.82) is 5.26 Å². The van der Waals surface area contributed by atoms with Crippen molar-refractivity contribution in [2.45, 2.75) is 75.0 Å². The van der Waals surface area contributed by atoms with E-state index >= 15 is 4.39 Å². The number of amides is 2. The number of pyridine rings is 2. The first-order valence-electron chi connectivity index (χ1n) is 12.9. The van der Waals surface area contributed by atoms with Crippen molar-refractivity contribution in [3.05, 3.63) is 53.2 Å². The lowest BCUT2D eigenvalue weighted by Gasteiger charge is -2.49. The third kappa shape index (κ3) is 5.67. The van der Waals surface area contributed by atoms with E-state index in [9.17, 15) is 22.6 Å². The predicted octanol–water partition coefficient (Wildman–Crippen LogP) is 4.55. The van der Waals surface area contributed by atoms with Crippen molar-refractivity contribution < 1.29 is 31.7 Å². The van der Waals surface area contributed by atoms with E-state index in [-0.39, 0.29) is 22.9 Å². The molecule has 11 nitrogen and oxygen atoms in total. The van der Waals surface area contributed by atoms with Crippen LogP contribution in [0.3, 0.4) is 0 Å². The summed E-state index contributed by atoms with van der Waals surface area (Å²) < 4.78 is 67.4. The van der Waals surface area contributed by atoms with Crippen molar-refractivity contribution >= 4 is 33.4 Å². The van der Waals surface area contributed by atoms with Gasteiger partial charge in [-0.2, -0.15) is 5.26 Å². The first-order valence-corrected chi connectivity index (χ1v) is 14.4. The molecule has 2 aromatic heterocycles. The number of aliphatic imine (C=N–C) groups is 1. The summed E-state index contributed by atoms with van der Waals surface area (Å²) in [7, 11) is -3.66. The average molecular weight is 606 g/mol. The number of aromatic nitrogens is 2. The Hall–Kier alpha value is -4.06. The molecule has 0 saturated heterocycles. The lowest BCUT2D eigenvalue weighted by molar-refractivity contribution is -0.00694. The number of carbonyl (C=O) groups is 2. The molecule has 15 heteroatoms. The van der Waals surface area contributed by atoms with Crippen molar-refractivity contribution in [3.8, 4) is 6.07 Å². The molecule has 2 amide bonds. The maximum atomic E-state index is 15.5. The van der Waals surface area contributed by atoms with Gasteiger partial charge >= 0.3 is 6.09 Å². The normalized spacial score (nSPS) is 26.0. The highest BCUT2D eigenvalue weighted by Crippen LogP contribution is 2.50. The summed E-state index contributed by atoms with van der Waals surface area (Å²) in [4.78, 5) is 38.1. The minimum absolute atomic E-state index is 0.0667. The van der Waals surface area contributed by atoms with Gasteiger partial charge in [0.05, 0.1) is 20.5 Å². The Balaban J connectivity index is 1.84. The van der Waals surface area contributed by atoms with Crippen LogP contribution in [-0.4, -0.2) is 60.1 Å². The maximum absolute atomic E-state index is 15.5. The van der Waals surface area contributed by atoms with E-state index in [0.29, 0.717) is 0 Å². The number of carbonyl (C=O) groups excluding carboxylic acids is 2. The Morgan fingerprint density at radius 2 is 1.83 bits per heavy atom. The molecular weight excluding hydrogens is 575 g/mol. The summed E-state index contributed by atoms with van der Waals surface area (Å²) in [5.74, 6) is -5.44. The minimum Gasteiger partial charge on any atom is -0.444 e. The topological polar surface area (TPSA) is 159 Å².